The maximum atomic E-state index is 13.0. The molecule has 0 unspecified atom stereocenters. The van der Waals surface area contributed by atoms with Gasteiger partial charge in [0, 0.05) is 6.20 Å². The smallest absolute Gasteiger partial charge is 0.348 e. The molecule has 32 heavy (non-hydrogen) atoms. The predicted molar refractivity (Wildman–Crippen MR) is 122 cm³/mol. The second-order valence-corrected chi connectivity index (χ2v) is 9.02. The summed E-state index contributed by atoms with van der Waals surface area (Å²) in [5.41, 5.74) is 0.391. The van der Waals surface area contributed by atoms with Gasteiger partial charge in [-0.3, -0.25) is 14.7 Å². The van der Waals surface area contributed by atoms with Crippen LogP contribution in [0.3, 0.4) is 0 Å². The molecule has 0 spiro atoms. The molecule has 0 saturated carbocycles. The van der Waals surface area contributed by atoms with Crippen molar-refractivity contribution in [1.82, 2.24) is 15.2 Å². The number of para-hydroxylation sites is 1. The van der Waals surface area contributed by atoms with Crippen LogP contribution in [0.5, 0.6) is 0 Å². The van der Waals surface area contributed by atoms with Crippen LogP contribution in [0.15, 0.2) is 48.7 Å². The van der Waals surface area contributed by atoms with E-state index in [1.807, 2.05) is 0 Å². The van der Waals surface area contributed by atoms with Crippen molar-refractivity contribution in [2.75, 3.05) is 10.6 Å². The number of aromatic amines is 2. The van der Waals surface area contributed by atoms with Gasteiger partial charge in [0.15, 0.2) is 5.82 Å². The highest BCUT2D eigenvalue weighted by Gasteiger charge is 2.22. The fourth-order valence-electron chi connectivity index (χ4n) is 2.97. The number of nitrogens with one attached hydrogen (secondary N) is 4. The maximum absolute atomic E-state index is 13.0. The molecule has 3 heterocycles. The second-order valence-electron chi connectivity index (χ2n) is 7.97. The number of amides is 2. The molecular formula is C22H21N5O4S. The number of aromatic nitrogens is 3. The van der Waals surface area contributed by atoms with E-state index in [1.165, 1.54) is 11.3 Å². The summed E-state index contributed by atoms with van der Waals surface area (Å²) >= 11 is 1.20. The average molecular weight is 452 g/mol. The van der Waals surface area contributed by atoms with Gasteiger partial charge in [0.25, 0.3) is 11.8 Å². The lowest BCUT2D eigenvalue weighted by molar-refractivity contribution is 0.00751. The Bertz CT molecular complexity index is 1300. The number of thiophene rings is 1. The summed E-state index contributed by atoms with van der Waals surface area (Å²) in [6.07, 6.45) is 1.64. The van der Waals surface area contributed by atoms with Gasteiger partial charge in [-0.05, 0) is 51.1 Å². The summed E-state index contributed by atoms with van der Waals surface area (Å²) in [6, 6.07) is 11.6. The first kappa shape index (κ1) is 21.3. The lowest BCUT2D eigenvalue weighted by Crippen LogP contribution is -2.23. The van der Waals surface area contributed by atoms with Gasteiger partial charge in [0.05, 0.1) is 16.6 Å². The van der Waals surface area contributed by atoms with Crippen molar-refractivity contribution in [1.29, 1.82) is 0 Å². The molecule has 4 aromatic rings. The van der Waals surface area contributed by atoms with Gasteiger partial charge >= 0.3 is 5.97 Å². The van der Waals surface area contributed by atoms with Crippen molar-refractivity contribution >= 4 is 50.8 Å². The Hall–Kier alpha value is -3.92. The lowest BCUT2D eigenvalue weighted by Gasteiger charge is -2.18. The van der Waals surface area contributed by atoms with Crippen molar-refractivity contribution < 1.29 is 19.1 Å². The molecule has 0 aliphatic rings. The van der Waals surface area contributed by atoms with E-state index in [1.54, 1.807) is 69.4 Å². The minimum absolute atomic E-state index is 0.270. The highest BCUT2D eigenvalue weighted by molar-refractivity contribution is 7.20. The third-order valence-electron chi connectivity index (χ3n) is 4.35. The molecule has 4 N–H and O–H groups in total. The topological polar surface area (TPSA) is 129 Å². The molecule has 0 saturated heterocycles. The highest BCUT2D eigenvalue weighted by atomic mass is 32.1. The van der Waals surface area contributed by atoms with Crippen LogP contribution in [0.2, 0.25) is 0 Å². The number of esters is 1. The van der Waals surface area contributed by atoms with E-state index >= 15 is 0 Å². The molecule has 0 bridgehead atoms. The molecule has 10 heteroatoms. The number of hydrogen-bond acceptors (Lipinski definition) is 6. The molecule has 1 aromatic carbocycles. The Morgan fingerprint density at radius 2 is 1.81 bits per heavy atom. The van der Waals surface area contributed by atoms with Crippen molar-refractivity contribution in [3.8, 4) is 0 Å². The number of ether oxygens (including phenoxy) is 1. The quantitative estimate of drug-likeness (QED) is 0.334. The number of carbonyl (C=O) groups is 3. The highest BCUT2D eigenvalue weighted by Crippen LogP contribution is 2.31. The molecule has 0 radical (unpaired) electrons. The van der Waals surface area contributed by atoms with Crippen LogP contribution in [0.4, 0.5) is 11.5 Å². The largest absolute Gasteiger partial charge is 0.456 e. The van der Waals surface area contributed by atoms with Gasteiger partial charge in [-0.25, -0.2) is 4.79 Å². The summed E-state index contributed by atoms with van der Waals surface area (Å²) in [5, 5.41) is 13.0. The molecule has 0 aliphatic carbocycles. The summed E-state index contributed by atoms with van der Waals surface area (Å²) in [7, 11) is 0. The standard InChI is InChI=1S/C22H21N5O4S/c1-22(2,3)31-21(30)16-11-13-17(26-27-20(13)32-16)25-18(28)12-7-4-5-8-14(12)24-19(29)15-9-6-10-23-15/h4-11,23H,1-3H3,(H,24,29)(H2,25,26,27,28). The Labute approximate surface area is 187 Å². The van der Waals surface area contributed by atoms with Gasteiger partial charge in [0.1, 0.15) is 21.0 Å². The van der Waals surface area contributed by atoms with Crippen LogP contribution in [0, 0.1) is 0 Å². The maximum Gasteiger partial charge on any atom is 0.348 e. The number of anilines is 2. The zero-order chi connectivity index (χ0) is 22.9. The van der Waals surface area contributed by atoms with E-state index < -0.39 is 17.5 Å². The Kier molecular flexibility index (Phi) is 5.54. The van der Waals surface area contributed by atoms with E-state index in [-0.39, 0.29) is 17.3 Å². The van der Waals surface area contributed by atoms with E-state index in [0.717, 1.165) is 0 Å². The van der Waals surface area contributed by atoms with E-state index in [4.69, 9.17) is 4.74 Å². The molecule has 0 atom stereocenters. The first-order chi connectivity index (χ1) is 15.2. The lowest BCUT2D eigenvalue weighted by atomic mass is 10.1. The van der Waals surface area contributed by atoms with Gasteiger partial charge in [0.2, 0.25) is 0 Å². The van der Waals surface area contributed by atoms with Crippen LogP contribution in [-0.4, -0.2) is 38.6 Å². The zero-order valence-electron chi connectivity index (χ0n) is 17.6. The number of nitrogens with zero attached hydrogens (tertiary/aromatic N) is 1. The molecule has 2 amide bonds. The average Bonchev–Trinajstić information content (AvgIpc) is 3.46. The van der Waals surface area contributed by atoms with E-state index in [9.17, 15) is 14.4 Å². The minimum Gasteiger partial charge on any atom is -0.456 e. The van der Waals surface area contributed by atoms with Gasteiger partial charge in [-0.15, -0.1) is 11.3 Å². The third kappa shape index (κ3) is 4.54. The zero-order valence-corrected chi connectivity index (χ0v) is 18.4. The Morgan fingerprint density at radius 1 is 1.03 bits per heavy atom. The Morgan fingerprint density at radius 3 is 2.53 bits per heavy atom. The Balaban J connectivity index is 1.54. The number of fused-ring (bicyclic) bond motifs is 1. The van der Waals surface area contributed by atoms with Gasteiger partial charge in [-0.1, -0.05) is 12.1 Å². The van der Waals surface area contributed by atoms with Crippen LogP contribution in [0.1, 0.15) is 51.3 Å². The first-order valence-electron chi connectivity index (χ1n) is 9.77. The summed E-state index contributed by atoms with van der Waals surface area (Å²) in [5.74, 6) is -0.980. The van der Waals surface area contributed by atoms with Crippen molar-refractivity contribution in [3.63, 3.8) is 0 Å². The van der Waals surface area contributed by atoms with Crippen LogP contribution in [0.25, 0.3) is 10.2 Å². The monoisotopic (exact) mass is 451 g/mol. The predicted octanol–water partition coefficient (Wildman–Crippen LogP) is 4.41. The van der Waals surface area contributed by atoms with Crippen molar-refractivity contribution in [2.45, 2.75) is 26.4 Å². The molecule has 3 aromatic heterocycles. The second kappa shape index (κ2) is 8.31. The van der Waals surface area contributed by atoms with Crippen molar-refractivity contribution in [3.05, 3.63) is 64.8 Å². The van der Waals surface area contributed by atoms with Crippen LogP contribution >= 0.6 is 11.3 Å². The number of rotatable bonds is 5. The molecule has 0 fully saturated rings. The molecule has 9 nitrogen and oxygen atoms in total. The van der Waals surface area contributed by atoms with Crippen molar-refractivity contribution in [2.24, 2.45) is 0 Å². The molecular weight excluding hydrogens is 430 g/mol. The summed E-state index contributed by atoms with van der Waals surface area (Å²) in [6.45, 7) is 5.39. The number of hydrogen-bond donors (Lipinski definition) is 4. The van der Waals surface area contributed by atoms with E-state index in [2.05, 4.69) is 25.8 Å². The third-order valence-corrected chi connectivity index (χ3v) is 5.37. The summed E-state index contributed by atoms with van der Waals surface area (Å²) in [4.78, 5) is 41.5. The van der Waals surface area contributed by atoms with Crippen LogP contribution < -0.4 is 10.6 Å². The number of H-pyrrole nitrogens is 2. The summed E-state index contributed by atoms with van der Waals surface area (Å²) < 4.78 is 5.40. The fourth-order valence-corrected chi connectivity index (χ4v) is 3.85. The van der Waals surface area contributed by atoms with Crippen LogP contribution in [-0.2, 0) is 4.74 Å². The fraction of sp³-hybridized carbons (Fsp3) is 0.182. The first-order valence-corrected chi connectivity index (χ1v) is 10.6. The normalized spacial score (nSPS) is 11.3. The van der Waals surface area contributed by atoms with Gasteiger partial charge < -0.3 is 20.4 Å². The molecule has 0 aliphatic heterocycles. The number of benzene rings is 1. The number of carbonyl (C=O) groups excluding carboxylic acids is 3. The minimum atomic E-state index is -0.613. The molecule has 164 valence electrons. The SMILES string of the molecule is CC(C)(C)OC(=O)c1cc2c(NC(=O)c3ccccc3NC(=O)c3ccc[nH]3)n[nH]c2s1. The van der Waals surface area contributed by atoms with E-state index in [0.29, 0.717) is 26.5 Å². The van der Waals surface area contributed by atoms with Gasteiger partial charge in [-0.2, -0.15) is 5.10 Å². The molecule has 4 rings (SSSR count).